The summed E-state index contributed by atoms with van der Waals surface area (Å²) in [7, 11) is 1.86. The fourth-order valence-corrected chi connectivity index (χ4v) is 5.09. The van der Waals surface area contributed by atoms with E-state index >= 15 is 0 Å². The largest absolute Gasteiger partial charge is 0.377 e. The number of carbonyl (C=O) groups is 1. The number of aryl methyl sites for hydroxylation is 1. The van der Waals surface area contributed by atoms with Crippen molar-refractivity contribution in [1.29, 1.82) is 0 Å². The van der Waals surface area contributed by atoms with E-state index in [0.717, 1.165) is 23.6 Å². The van der Waals surface area contributed by atoms with Crippen LogP contribution in [0.5, 0.6) is 0 Å². The number of likely N-dealkylation sites (N-methyl/N-ethyl adjacent to an activating group) is 1. The van der Waals surface area contributed by atoms with Crippen LogP contribution in [0.25, 0.3) is 0 Å². The average molecular weight is 324 g/mol. The second-order valence-electron chi connectivity index (χ2n) is 7.11. The van der Waals surface area contributed by atoms with Crippen LogP contribution in [0.15, 0.2) is 4.79 Å². The number of aromatic nitrogens is 1. The Bertz CT molecular complexity index is 661. The highest BCUT2D eigenvalue weighted by molar-refractivity contribution is 7.09. The van der Waals surface area contributed by atoms with Crippen LogP contribution >= 0.6 is 11.3 Å². The summed E-state index contributed by atoms with van der Waals surface area (Å²) in [6.07, 6.45) is 1.29. The van der Waals surface area contributed by atoms with Gasteiger partial charge < -0.3 is 9.64 Å². The topological polar surface area (TPSA) is 51.5 Å². The maximum absolute atomic E-state index is 12.7. The normalized spacial score (nSPS) is 29.0. The second-order valence-corrected chi connectivity index (χ2v) is 8.28. The van der Waals surface area contributed by atoms with Gasteiger partial charge in [0.1, 0.15) is 6.54 Å². The van der Waals surface area contributed by atoms with Crippen LogP contribution in [0.1, 0.15) is 30.8 Å². The lowest BCUT2D eigenvalue weighted by Crippen LogP contribution is -2.67. The predicted octanol–water partition coefficient (Wildman–Crippen LogP) is 1.80. The number of amides is 1. The Labute approximate surface area is 134 Å². The number of carbonyl (C=O) groups excluding carboxylic acids is 1. The molecule has 3 rings (SSSR count). The first-order valence-electron chi connectivity index (χ1n) is 7.79. The molecule has 0 spiro atoms. The van der Waals surface area contributed by atoms with E-state index in [2.05, 4.69) is 13.8 Å². The molecule has 2 aliphatic rings. The van der Waals surface area contributed by atoms with Crippen molar-refractivity contribution in [3.63, 3.8) is 0 Å². The SMILES string of the molecule is Cc1sc(=O)n(CC(=O)N(C)[C@@H]2[C@@H]3CCO[C@H]3C2(C)C)c1C. The highest BCUT2D eigenvalue weighted by Gasteiger charge is 2.61. The van der Waals surface area contributed by atoms with Crippen LogP contribution in [-0.2, 0) is 16.1 Å². The molecule has 1 aromatic heterocycles. The monoisotopic (exact) mass is 324 g/mol. The maximum atomic E-state index is 12.7. The molecule has 1 saturated heterocycles. The molecule has 22 heavy (non-hydrogen) atoms. The molecule has 5 nitrogen and oxygen atoms in total. The van der Waals surface area contributed by atoms with Crippen molar-refractivity contribution in [3.05, 3.63) is 20.2 Å². The lowest BCUT2D eigenvalue weighted by Gasteiger charge is -2.57. The minimum atomic E-state index is -0.0494. The second kappa shape index (κ2) is 5.20. The molecule has 1 aliphatic heterocycles. The molecule has 1 aromatic rings. The molecular weight excluding hydrogens is 300 g/mol. The molecule has 0 radical (unpaired) electrons. The standard InChI is InChI=1S/C16H24N2O3S/c1-9-10(2)22-15(20)18(9)8-12(19)17(5)13-11-6-7-21-14(11)16(13,3)4/h11,13-14H,6-8H2,1-5H3/t11-,13+,14+/m0/s1. The third-order valence-electron chi connectivity index (χ3n) is 5.52. The number of rotatable bonds is 3. The summed E-state index contributed by atoms with van der Waals surface area (Å²) in [6, 6.07) is 0.197. The van der Waals surface area contributed by atoms with Crippen LogP contribution in [0, 0.1) is 25.2 Å². The summed E-state index contributed by atoms with van der Waals surface area (Å²) in [5.41, 5.74) is 0.877. The molecule has 3 atom stereocenters. The fraction of sp³-hybridized carbons (Fsp3) is 0.750. The molecule has 2 fully saturated rings. The molecule has 1 saturated carbocycles. The van der Waals surface area contributed by atoms with Gasteiger partial charge in [0.2, 0.25) is 5.91 Å². The van der Waals surface area contributed by atoms with E-state index in [1.807, 2.05) is 25.8 Å². The van der Waals surface area contributed by atoms with Gasteiger partial charge in [-0.25, -0.2) is 0 Å². The molecule has 122 valence electrons. The van der Waals surface area contributed by atoms with Gasteiger partial charge in [-0.2, -0.15) is 0 Å². The first-order chi connectivity index (χ1) is 10.2. The van der Waals surface area contributed by atoms with E-state index < -0.39 is 0 Å². The van der Waals surface area contributed by atoms with Crippen LogP contribution in [-0.4, -0.2) is 41.2 Å². The van der Waals surface area contributed by atoms with E-state index in [1.165, 1.54) is 11.3 Å². The molecular formula is C16H24N2O3S. The number of fused-ring (bicyclic) bond motifs is 1. The van der Waals surface area contributed by atoms with Gasteiger partial charge in [0, 0.05) is 41.6 Å². The summed E-state index contributed by atoms with van der Waals surface area (Å²) in [4.78, 5) is 27.4. The Balaban J connectivity index is 1.77. The van der Waals surface area contributed by atoms with Gasteiger partial charge >= 0.3 is 4.87 Å². The summed E-state index contributed by atoms with van der Waals surface area (Å²) < 4.78 is 7.39. The molecule has 0 bridgehead atoms. The first-order valence-corrected chi connectivity index (χ1v) is 8.61. The van der Waals surface area contributed by atoms with Crippen molar-refractivity contribution in [2.75, 3.05) is 13.7 Å². The van der Waals surface area contributed by atoms with Crippen molar-refractivity contribution < 1.29 is 9.53 Å². The smallest absolute Gasteiger partial charge is 0.308 e. The van der Waals surface area contributed by atoms with Gasteiger partial charge in [-0.1, -0.05) is 25.2 Å². The summed E-state index contributed by atoms with van der Waals surface area (Å²) in [6.45, 7) is 9.08. The Morgan fingerprint density at radius 3 is 2.73 bits per heavy atom. The lowest BCUT2D eigenvalue weighted by molar-refractivity contribution is -0.167. The van der Waals surface area contributed by atoms with Crippen molar-refractivity contribution in [2.24, 2.45) is 11.3 Å². The van der Waals surface area contributed by atoms with Gasteiger partial charge in [0.05, 0.1) is 6.10 Å². The van der Waals surface area contributed by atoms with Crippen molar-refractivity contribution >= 4 is 17.2 Å². The van der Waals surface area contributed by atoms with E-state index in [9.17, 15) is 9.59 Å². The molecule has 2 heterocycles. The Morgan fingerprint density at radius 2 is 2.14 bits per heavy atom. The quantitative estimate of drug-likeness (QED) is 0.852. The van der Waals surface area contributed by atoms with Crippen LogP contribution in [0.3, 0.4) is 0 Å². The summed E-state index contributed by atoms with van der Waals surface area (Å²) in [5.74, 6) is 0.442. The Kier molecular flexibility index (Phi) is 3.72. The van der Waals surface area contributed by atoms with Gasteiger partial charge in [-0.3, -0.25) is 14.2 Å². The first kappa shape index (κ1) is 15.7. The molecule has 1 aliphatic carbocycles. The van der Waals surface area contributed by atoms with E-state index in [1.54, 1.807) is 4.57 Å². The van der Waals surface area contributed by atoms with Gasteiger partial charge in [-0.05, 0) is 20.3 Å². The fourth-order valence-electron chi connectivity index (χ4n) is 4.26. The van der Waals surface area contributed by atoms with Crippen molar-refractivity contribution in [1.82, 2.24) is 9.47 Å². The Hall–Kier alpha value is -1.14. The molecule has 0 unspecified atom stereocenters. The van der Waals surface area contributed by atoms with Gasteiger partial charge in [0.15, 0.2) is 0 Å². The van der Waals surface area contributed by atoms with Crippen molar-refractivity contribution in [3.8, 4) is 0 Å². The van der Waals surface area contributed by atoms with Crippen LogP contribution in [0.2, 0.25) is 0 Å². The van der Waals surface area contributed by atoms with Crippen LogP contribution < -0.4 is 4.87 Å². The number of ether oxygens (including phenoxy) is 1. The number of hydrogen-bond acceptors (Lipinski definition) is 4. The van der Waals surface area contributed by atoms with Gasteiger partial charge in [-0.15, -0.1) is 0 Å². The Morgan fingerprint density at radius 1 is 1.45 bits per heavy atom. The minimum absolute atomic E-state index is 0.00595. The average Bonchev–Trinajstić information content (AvgIpc) is 2.97. The summed E-state index contributed by atoms with van der Waals surface area (Å²) >= 11 is 1.21. The highest BCUT2D eigenvalue weighted by atomic mass is 32.1. The maximum Gasteiger partial charge on any atom is 0.308 e. The molecule has 6 heteroatoms. The zero-order valence-electron chi connectivity index (χ0n) is 13.9. The van der Waals surface area contributed by atoms with E-state index in [-0.39, 0.29) is 34.9 Å². The number of nitrogens with zero attached hydrogens (tertiary/aromatic N) is 2. The number of thiazole rings is 1. The van der Waals surface area contributed by atoms with E-state index in [4.69, 9.17) is 4.74 Å². The third-order valence-corrected chi connectivity index (χ3v) is 6.51. The molecule has 0 N–H and O–H groups in total. The zero-order chi connectivity index (χ0) is 16.2. The van der Waals surface area contributed by atoms with Crippen molar-refractivity contribution in [2.45, 2.75) is 52.8 Å². The lowest BCUT2D eigenvalue weighted by atomic mass is 9.57. The minimum Gasteiger partial charge on any atom is -0.377 e. The van der Waals surface area contributed by atoms with Gasteiger partial charge in [0.25, 0.3) is 0 Å². The molecule has 0 aromatic carbocycles. The summed E-state index contributed by atoms with van der Waals surface area (Å²) in [5, 5.41) is 0. The van der Waals surface area contributed by atoms with Crippen LogP contribution in [0.4, 0.5) is 0 Å². The predicted molar refractivity (Wildman–Crippen MR) is 86.2 cm³/mol. The molecule has 1 amide bonds. The number of hydrogen-bond donors (Lipinski definition) is 0. The van der Waals surface area contributed by atoms with E-state index in [0.29, 0.717) is 5.92 Å². The third kappa shape index (κ3) is 2.15. The highest BCUT2D eigenvalue weighted by Crippen LogP contribution is 2.54. The zero-order valence-corrected chi connectivity index (χ0v) is 14.7.